The normalized spacial score (nSPS) is 13.5. The van der Waals surface area contributed by atoms with Gasteiger partial charge in [-0.2, -0.15) is 0 Å². The topological polar surface area (TPSA) is 63.1 Å². The number of carbonyl (C=O) groups excluding carboxylic acids is 1. The molecule has 7 heteroatoms. The van der Waals surface area contributed by atoms with E-state index in [0.717, 1.165) is 74.8 Å². The van der Waals surface area contributed by atoms with Gasteiger partial charge in [-0.3, -0.25) is 14.8 Å². The van der Waals surface area contributed by atoms with Gasteiger partial charge < -0.3 is 5.11 Å². The third-order valence-corrected chi connectivity index (χ3v) is 9.96. The fraction of sp³-hybridized carbons (Fsp3) is 0.310. The number of aliphatic hydroxyl groups is 1. The number of hydrogen-bond donors (Lipinski definition) is 1. The first kappa shape index (κ1) is 36.2. The zero-order chi connectivity index (χ0) is 34.3. The summed E-state index contributed by atoms with van der Waals surface area (Å²) in [5, 5.41) is 16.3. The van der Waals surface area contributed by atoms with Crippen LogP contribution in [0.5, 0.6) is 0 Å². The molecular formula is C42H41F2IrN2O2-. The van der Waals surface area contributed by atoms with Crippen molar-refractivity contribution < 1.29 is 38.8 Å². The Morgan fingerprint density at radius 3 is 2.18 bits per heavy atom. The Morgan fingerprint density at radius 1 is 0.837 bits per heavy atom. The molecule has 255 valence electrons. The summed E-state index contributed by atoms with van der Waals surface area (Å²) >= 11 is 0. The second-order valence-corrected chi connectivity index (χ2v) is 12.8. The number of ketones is 1. The Labute approximate surface area is 300 Å². The van der Waals surface area contributed by atoms with E-state index >= 15 is 8.78 Å². The van der Waals surface area contributed by atoms with Crippen LogP contribution >= 0.6 is 0 Å². The van der Waals surface area contributed by atoms with Crippen LogP contribution in [0.4, 0.5) is 8.78 Å². The quantitative estimate of drug-likeness (QED) is 0.0753. The molecule has 6 aromatic rings. The molecule has 7 rings (SSSR count). The number of aromatic nitrogens is 2. The molecule has 0 fully saturated rings. The molecule has 4 aromatic carbocycles. The zero-order valence-electron chi connectivity index (χ0n) is 28.8. The van der Waals surface area contributed by atoms with Crippen LogP contribution in [0.15, 0.2) is 78.7 Å². The summed E-state index contributed by atoms with van der Waals surface area (Å²) in [6.45, 7) is 12.0. The van der Waals surface area contributed by atoms with Gasteiger partial charge in [-0.25, -0.2) is 8.78 Å². The standard InChI is InChI=1S/C29H17F2N2.C13H24O2.Ir/c1-15-11-22-19(16(2)33-15)7-8-20-21-9-10-32-28-24-12-17-5-3-4-6-18(17)13-25(24)29(30,31)26(27(21)28)14-23(20)22;1-5-10(6-2)12(14)9-13(15)11(7-3)8-4;/h3-11,13-14H,1-2H3;9-11,14H,5-8H2,1-4H3;/q-1;;/b;12-9-;. The summed E-state index contributed by atoms with van der Waals surface area (Å²) in [6.07, 6.45) is 6.62. The van der Waals surface area contributed by atoms with Crippen LogP contribution in [0, 0.1) is 31.7 Å². The predicted octanol–water partition coefficient (Wildman–Crippen LogP) is 11.5. The van der Waals surface area contributed by atoms with Crippen molar-refractivity contribution in [2.24, 2.45) is 11.8 Å². The minimum Gasteiger partial charge on any atom is -0.512 e. The monoisotopic (exact) mass is 836 g/mol. The summed E-state index contributed by atoms with van der Waals surface area (Å²) in [4.78, 5) is 20.9. The first-order valence-corrected chi connectivity index (χ1v) is 16.9. The fourth-order valence-corrected chi connectivity index (χ4v) is 7.20. The minimum absolute atomic E-state index is 0. The average Bonchev–Trinajstić information content (AvgIpc) is 3.07. The maximum Gasteiger partial charge on any atom is 0.273 e. The number of halogens is 2. The number of aryl methyl sites for hydroxylation is 2. The van der Waals surface area contributed by atoms with E-state index in [0.29, 0.717) is 16.6 Å². The van der Waals surface area contributed by atoms with Crippen molar-refractivity contribution in [2.45, 2.75) is 73.1 Å². The molecule has 1 radical (unpaired) electrons. The Kier molecular flexibility index (Phi) is 10.7. The van der Waals surface area contributed by atoms with Crippen LogP contribution in [0.2, 0.25) is 0 Å². The van der Waals surface area contributed by atoms with Gasteiger partial charge in [-0.05, 0) is 90.2 Å². The molecule has 2 heterocycles. The van der Waals surface area contributed by atoms with Crippen LogP contribution in [-0.4, -0.2) is 20.9 Å². The molecule has 0 spiro atoms. The number of hydrogen-bond acceptors (Lipinski definition) is 4. The molecule has 1 aliphatic rings. The molecule has 4 nitrogen and oxygen atoms in total. The maximum absolute atomic E-state index is 16.2. The van der Waals surface area contributed by atoms with Crippen molar-refractivity contribution in [1.82, 2.24) is 9.97 Å². The molecule has 0 aliphatic heterocycles. The molecule has 2 aromatic heterocycles. The number of alkyl halides is 2. The van der Waals surface area contributed by atoms with Crippen molar-refractivity contribution in [2.75, 3.05) is 0 Å². The average molecular weight is 836 g/mol. The molecule has 0 unspecified atom stereocenters. The maximum atomic E-state index is 16.2. The van der Waals surface area contributed by atoms with E-state index in [1.54, 1.807) is 18.3 Å². The predicted molar refractivity (Wildman–Crippen MR) is 193 cm³/mol. The number of nitrogens with zero attached hydrogens (tertiary/aromatic N) is 2. The van der Waals surface area contributed by atoms with Crippen molar-refractivity contribution in [3.05, 3.63) is 107 Å². The van der Waals surface area contributed by atoms with Gasteiger partial charge in [0.05, 0.1) is 5.76 Å². The molecule has 0 atom stereocenters. The molecule has 1 aliphatic carbocycles. The van der Waals surface area contributed by atoms with E-state index in [1.165, 1.54) is 6.08 Å². The van der Waals surface area contributed by atoms with E-state index in [-0.39, 0.29) is 54.6 Å². The molecule has 49 heavy (non-hydrogen) atoms. The Morgan fingerprint density at radius 2 is 1.49 bits per heavy atom. The zero-order valence-corrected chi connectivity index (χ0v) is 31.1. The number of allylic oxidation sites excluding steroid dienone is 2. The van der Waals surface area contributed by atoms with Crippen molar-refractivity contribution >= 4 is 48.9 Å². The van der Waals surface area contributed by atoms with E-state index in [1.807, 2.05) is 90.1 Å². The number of aliphatic hydroxyl groups excluding tert-OH is 1. The number of rotatable bonds is 7. The van der Waals surface area contributed by atoms with Gasteiger partial charge in [0.1, 0.15) is 0 Å². The number of carbonyl (C=O) groups is 1. The van der Waals surface area contributed by atoms with Gasteiger partial charge in [-0.1, -0.05) is 69.0 Å². The summed E-state index contributed by atoms with van der Waals surface area (Å²) in [5.74, 6) is -2.62. The summed E-state index contributed by atoms with van der Waals surface area (Å²) in [6, 6.07) is 21.9. The van der Waals surface area contributed by atoms with E-state index in [4.69, 9.17) is 0 Å². The van der Waals surface area contributed by atoms with Crippen molar-refractivity contribution in [3.63, 3.8) is 0 Å². The summed E-state index contributed by atoms with van der Waals surface area (Å²) < 4.78 is 32.4. The van der Waals surface area contributed by atoms with Gasteiger partial charge in [-0.15, -0.1) is 23.6 Å². The number of benzene rings is 4. The number of pyridine rings is 2. The largest absolute Gasteiger partial charge is 0.512 e. The van der Waals surface area contributed by atoms with Gasteiger partial charge in [0.15, 0.2) is 5.78 Å². The smallest absolute Gasteiger partial charge is 0.273 e. The van der Waals surface area contributed by atoms with E-state index in [9.17, 15) is 9.90 Å². The third kappa shape index (κ3) is 6.39. The van der Waals surface area contributed by atoms with Crippen LogP contribution < -0.4 is 0 Å². The summed E-state index contributed by atoms with van der Waals surface area (Å²) in [5.41, 5.74) is 2.68. The SMILES string of the molecule is CCC(CC)C(=O)/C=C(\O)C(CC)CC.Cc1cc2c(ccc3c4ccnc5c4c(cc23)C(F)(F)c2cc3ccccc3[c-]c2-5)c(C)n1.[Ir]. The van der Waals surface area contributed by atoms with E-state index < -0.39 is 5.92 Å². The van der Waals surface area contributed by atoms with Crippen molar-refractivity contribution in [3.8, 4) is 11.3 Å². The molecule has 1 N–H and O–H groups in total. The summed E-state index contributed by atoms with van der Waals surface area (Å²) in [7, 11) is 0. The Balaban J connectivity index is 0.000000252. The van der Waals surface area contributed by atoms with Gasteiger partial charge in [0, 0.05) is 72.2 Å². The van der Waals surface area contributed by atoms with E-state index in [2.05, 4.69) is 16.0 Å². The molecule has 0 saturated heterocycles. The van der Waals surface area contributed by atoms with Gasteiger partial charge >= 0.3 is 0 Å². The van der Waals surface area contributed by atoms with Crippen LogP contribution in [0.3, 0.4) is 0 Å². The Bertz CT molecular complexity index is 2240. The second kappa shape index (κ2) is 14.4. The van der Waals surface area contributed by atoms with Crippen LogP contribution in [0.25, 0.3) is 54.3 Å². The molecule has 0 amide bonds. The molecule has 0 saturated carbocycles. The first-order chi connectivity index (χ1) is 23.0. The minimum atomic E-state index is -3.17. The van der Waals surface area contributed by atoms with Crippen molar-refractivity contribution in [1.29, 1.82) is 0 Å². The molecular weight excluding hydrogens is 795 g/mol. The second-order valence-electron chi connectivity index (χ2n) is 12.8. The number of fused-ring (bicyclic) bond motifs is 7. The van der Waals surface area contributed by atoms with Crippen LogP contribution in [0.1, 0.15) is 75.9 Å². The Hall–Kier alpha value is -4.06. The van der Waals surface area contributed by atoms with Gasteiger partial charge in [0.25, 0.3) is 5.92 Å². The molecule has 0 bridgehead atoms. The van der Waals surface area contributed by atoms with Crippen LogP contribution in [-0.2, 0) is 30.8 Å². The van der Waals surface area contributed by atoms with Gasteiger partial charge in [0.2, 0.25) is 0 Å². The first-order valence-electron chi connectivity index (χ1n) is 16.9. The third-order valence-electron chi connectivity index (χ3n) is 9.96. The fourth-order valence-electron chi connectivity index (χ4n) is 7.20.